The summed E-state index contributed by atoms with van der Waals surface area (Å²) < 4.78 is 34.6. The zero-order chi connectivity index (χ0) is 35.8. The van der Waals surface area contributed by atoms with Crippen LogP contribution in [0, 0.1) is 17.6 Å². The molecule has 3 aromatic rings. The molecule has 50 heavy (non-hydrogen) atoms. The van der Waals surface area contributed by atoms with Gasteiger partial charge in [0.1, 0.15) is 35.1 Å². The fourth-order valence-electron chi connectivity index (χ4n) is 7.29. The van der Waals surface area contributed by atoms with E-state index in [0.717, 1.165) is 11.6 Å². The number of halogens is 2. The van der Waals surface area contributed by atoms with Crippen molar-refractivity contribution in [2.75, 3.05) is 13.1 Å². The van der Waals surface area contributed by atoms with E-state index in [0.29, 0.717) is 38.0 Å². The van der Waals surface area contributed by atoms with E-state index in [9.17, 15) is 28.3 Å². The first kappa shape index (κ1) is 36.9. The average molecular weight is 692 g/mol. The lowest BCUT2D eigenvalue weighted by Gasteiger charge is -2.36. The van der Waals surface area contributed by atoms with E-state index in [4.69, 9.17) is 4.74 Å². The maximum Gasteiger partial charge on any atom is 0.249 e. The van der Waals surface area contributed by atoms with Crippen molar-refractivity contribution in [2.24, 2.45) is 5.92 Å². The minimum atomic E-state index is -1.18. The number of nitrogens with zero attached hydrogens (tertiary/aromatic N) is 2. The number of aryl methyl sites for hydroxylation is 1. The molecule has 3 heterocycles. The Kier molecular flexibility index (Phi) is 12.2. The molecule has 0 radical (unpaired) electrons. The highest BCUT2D eigenvalue weighted by molar-refractivity contribution is 5.96. The number of nitrogens with one attached hydrogen (secondary N) is 3. The van der Waals surface area contributed by atoms with Crippen molar-refractivity contribution < 1.29 is 33.0 Å². The molecular formula is C38H47F2N5O5. The monoisotopic (exact) mass is 691 g/mol. The highest BCUT2D eigenvalue weighted by Crippen LogP contribution is 2.35. The standard InChI is InChI=1S/C38H47F2N5O5/c1-4-24(2)38(44-25(3)46)14-16-45(37(38)49)34(13-12-26-9-6-5-7-10-26)36(48)43-33(19-27-17-28(39)20-29(40)18-27)35(47)32-21-31(23-42-32)50-30-11-8-15-41-22-30/h5-11,15,17-18,20,22,24,31-35,42,47H,4,12-14,16,19,21,23H2,1-3H3,(H,43,48)(H,44,46)/t24-,31-,32-,33+,34+,35+,38+/m1/s1. The number of rotatable bonds is 15. The fourth-order valence-corrected chi connectivity index (χ4v) is 7.29. The average Bonchev–Trinajstić information content (AvgIpc) is 3.68. The molecule has 5 rings (SSSR count). The molecule has 2 aliphatic rings. The number of ether oxygens (including phenoxy) is 1. The van der Waals surface area contributed by atoms with Gasteiger partial charge in [-0.2, -0.15) is 0 Å². The summed E-state index contributed by atoms with van der Waals surface area (Å²) in [6, 6.07) is 13.8. The van der Waals surface area contributed by atoms with Crippen LogP contribution in [0.2, 0.25) is 0 Å². The van der Waals surface area contributed by atoms with Crippen molar-refractivity contribution >= 4 is 17.7 Å². The van der Waals surface area contributed by atoms with E-state index in [1.807, 2.05) is 44.2 Å². The van der Waals surface area contributed by atoms with Crippen LogP contribution < -0.4 is 20.7 Å². The number of pyridine rings is 1. The Morgan fingerprint density at radius 3 is 2.52 bits per heavy atom. The van der Waals surface area contributed by atoms with Gasteiger partial charge in [0, 0.05) is 44.7 Å². The van der Waals surface area contributed by atoms with Crippen molar-refractivity contribution in [3.05, 3.63) is 95.8 Å². The van der Waals surface area contributed by atoms with E-state index < -0.39 is 47.3 Å². The predicted molar refractivity (Wildman–Crippen MR) is 184 cm³/mol. The minimum absolute atomic E-state index is 0.0735. The smallest absolute Gasteiger partial charge is 0.249 e. The van der Waals surface area contributed by atoms with Crippen LogP contribution in [0.15, 0.2) is 73.1 Å². The quantitative estimate of drug-likeness (QED) is 0.191. The Labute approximate surface area is 292 Å². The summed E-state index contributed by atoms with van der Waals surface area (Å²) >= 11 is 0. The highest BCUT2D eigenvalue weighted by atomic mass is 19.1. The first-order chi connectivity index (χ1) is 24.0. The molecule has 268 valence electrons. The van der Waals surface area contributed by atoms with Gasteiger partial charge in [0.25, 0.3) is 0 Å². The van der Waals surface area contributed by atoms with E-state index in [2.05, 4.69) is 20.9 Å². The first-order valence-electron chi connectivity index (χ1n) is 17.4. The van der Waals surface area contributed by atoms with Crippen molar-refractivity contribution in [3.63, 3.8) is 0 Å². The summed E-state index contributed by atoms with van der Waals surface area (Å²) in [4.78, 5) is 46.6. The number of hydrogen-bond acceptors (Lipinski definition) is 7. The Balaban J connectivity index is 1.41. The molecule has 2 saturated heterocycles. The van der Waals surface area contributed by atoms with Crippen molar-refractivity contribution in [1.82, 2.24) is 25.8 Å². The van der Waals surface area contributed by atoms with Gasteiger partial charge in [-0.3, -0.25) is 19.4 Å². The topological polar surface area (TPSA) is 133 Å². The van der Waals surface area contributed by atoms with Crippen LogP contribution in [0.3, 0.4) is 0 Å². The van der Waals surface area contributed by atoms with Crippen molar-refractivity contribution in [2.45, 2.75) is 95.2 Å². The molecule has 2 aromatic carbocycles. The van der Waals surface area contributed by atoms with Gasteiger partial charge in [-0.15, -0.1) is 0 Å². The molecular weight excluding hydrogens is 644 g/mol. The third-order valence-electron chi connectivity index (χ3n) is 10.1. The zero-order valence-corrected chi connectivity index (χ0v) is 28.8. The van der Waals surface area contributed by atoms with Crippen LogP contribution in [0.1, 0.15) is 57.6 Å². The van der Waals surface area contributed by atoms with Gasteiger partial charge < -0.3 is 30.7 Å². The van der Waals surface area contributed by atoms with Crippen molar-refractivity contribution in [1.29, 1.82) is 0 Å². The maximum absolute atomic E-state index is 14.4. The Hall–Kier alpha value is -4.42. The number of aromatic nitrogens is 1. The van der Waals surface area contributed by atoms with Gasteiger partial charge in [-0.05, 0) is 67.0 Å². The Morgan fingerprint density at radius 1 is 1.12 bits per heavy atom. The summed E-state index contributed by atoms with van der Waals surface area (Å²) in [6.45, 7) is 5.92. The van der Waals surface area contributed by atoms with Crippen LogP contribution in [-0.2, 0) is 27.2 Å². The van der Waals surface area contributed by atoms with Crippen LogP contribution in [-0.4, -0.2) is 81.7 Å². The number of hydrogen-bond donors (Lipinski definition) is 4. The number of amides is 3. The van der Waals surface area contributed by atoms with Crippen molar-refractivity contribution in [3.8, 4) is 5.75 Å². The van der Waals surface area contributed by atoms with Crippen LogP contribution in [0.4, 0.5) is 8.78 Å². The fraction of sp³-hybridized carbons (Fsp3) is 0.474. The molecule has 0 aliphatic carbocycles. The minimum Gasteiger partial charge on any atom is -0.487 e. The molecule has 4 N–H and O–H groups in total. The molecule has 12 heteroatoms. The van der Waals surface area contributed by atoms with Gasteiger partial charge >= 0.3 is 0 Å². The first-order valence-corrected chi connectivity index (χ1v) is 17.4. The summed E-state index contributed by atoms with van der Waals surface area (Å²) in [7, 11) is 0. The highest BCUT2D eigenvalue weighted by Gasteiger charge is 2.53. The molecule has 2 fully saturated rings. The molecule has 2 aliphatic heterocycles. The third kappa shape index (κ3) is 8.83. The largest absolute Gasteiger partial charge is 0.487 e. The van der Waals surface area contributed by atoms with Crippen LogP contribution >= 0.6 is 0 Å². The van der Waals surface area contributed by atoms with Gasteiger partial charge in [-0.25, -0.2) is 8.78 Å². The SMILES string of the molecule is CC[C@@H](C)[C@@]1(NC(C)=O)CCN([C@@H](CCc2ccccc2)C(=O)N[C@@H](Cc2cc(F)cc(F)c2)[C@@H](O)[C@H]2C[C@@H](Oc3cccnc3)CN2)C1=O. The number of aliphatic hydroxyl groups excluding tert-OH is 1. The lowest BCUT2D eigenvalue weighted by Crippen LogP contribution is -2.61. The zero-order valence-electron chi connectivity index (χ0n) is 28.8. The molecule has 0 bridgehead atoms. The van der Waals surface area contributed by atoms with Crippen LogP contribution in [0.5, 0.6) is 5.75 Å². The van der Waals surface area contributed by atoms with Gasteiger partial charge in [-0.1, -0.05) is 50.6 Å². The lowest BCUT2D eigenvalue weighted by molar-refractivity contribution is -0.144. The second-order valence-corrected chi connectivity index (χ2v) is 13.5. The van der Waals surface area contributed by atoms with Gasteiger partial charge in [0.15, 0.2) is 0 Å². The molecule has 3 amide bonds. The summed E-state index contributed by atoms with van der Waals surface area (Å²) in [5.41, 5.74) is 0.0853. The maximum atomic E-state index is 14.4. The Morgan fingerprint density at radius 2 is 1.86 bits per heavy atom. The second kappa shape index (κ2) is 16.5. The second-order valence-electron chi connectivity index (χ2n) is 13.5. The van der Waals surface area contributed by atoms with E-state index in [1.54, 1.807) is 24.5 Å². The molecule has 0 spiro atoms. The lowest BCUT2D eigenvalue weighted by atomic mass is 9.81. The number of likely N-dealkylation sites (tertiary alicyclic amines) is 1. The number of benzene rings is 2. The Bertz CT molecular complexity index is 1600. The van der Waals surface area contributed by atoms with Gasteiger partial charge in [0.2, 0.25) is 17.7 Å². The molecule has 10 nitrogen and oxygen atoms in total. The summed E-state index contributed by atoms with van der Waals surface area (Å²) in [6.07, 6.45) is 3.84. The van der Waals surface area contributed by atoms with E-state index >= 15 is 0 Å². The van der Waals surface area contributed by atoms with E-state index in [1.165, 1.54) is 24.0 Å². The molecule has 1 aromatic heterocycles. The predicted octanol–water partition coefficient (Wildman–Crippen LogP) is 3.71. The summed E-state index contributed by atoms with van der Waals surface area (Å²) in [5, 5.41) is 21.0. The van der Waals surface area contributed by atoms with E-state index in [-0.39, 0.29) is 48.8 Å². The van der Waals surface area contributed by atoms with Crippen LogP contribution in [0.25, 0.3) is 0 Å². The van der Waals surface area contributed by atoms with Gasteiger partial charge in [0.05, 0.1) is 18.3 Å². The normalized spacial score (nSPS) is 22.8. The molecule has 0 saturated carbocycles. The number of aliphatic hydroxyl groups is 1. The summed E-state index contributed by atoms with van der Waals surface area (Å²) in [5.74, 6) is -2.30. The third-order valence-corrected chi connectivity index (χ3v) is 10.1. The number of carbonyl (C=O) groups is 3. The molecule has 0 unspecified atom stereocenters. The molecule has 7 atom stereocenters. The number of carbonyl (C=O) groups excluding carboxylic acids is 3.